The molecular formula is C21H16OSe. The van der Waals surface area contributed by atoms with Crippen molar-refractivity contribution in [2.24, 2.45) is 0 Å². The molecule has 0 aliphatic heterocycles. The van der Waals surface area contributed by atoms with E-state index in [9.17, 15) is 0 Å². The topological polar surface area (TPSA) is 13.1 Å². The molecule has 23 heavy (non-hydrogen) atoms. The quantitative estimate of drug-likeness (QED) is 0.500. The average molecular weight is 363 g/mol. The van der Waals surface area contributed by atoms with Crippen LogP contribution in [0.5, 0.6) is 0 Å². The maximum absolute atomic E-state index is 6.21. The zero-order chi connectivity index (χ0) is 15.6. The molecule has 4 aromatic rings. The Labute approximate surface area is 142 Å². The van der Waals surface area contributed by atoms with Crippen molar-refractivity contribution >= 4 is 34.8 Å². The molecule has 0 spiro atoms. The van der Waals surface area contributed by atoms with Crippen molar-refractivity contribution in [2.75, 3.05) is 0 Å². The first-order valence-electron chi connectivity index (χ1n) is 7.63. The third-order valence-electron chi connectivity index (χ3n) is 3.83. The number of rotatable bonds is 3. The summed E-state index contributed by atoms with van der Waals surface area (Å²) in [6.07, 6.45) is 0. The first kappa shape index (κ1) is 14.3. The molecule has 1 heterocycles. The predicted molar refractivity (Wildman–Crippen MR) is 97.9 cm³/mol. The Bertz CT molecular complexity index is 937. The minimum absolute atomic E-state index is 0.216. The summed E-state index contributed by atoms with van der Waals surface area (Å²) in [6, 6.07) is 27.6. The first-order valence-corrected chi connectivity index (χ1v) is 9.34. The number of aryl methyl sites for hydroxylation is 1. The third-order valence-corrected chi connectivity index (χ3v) is 6.17. The van der Waals surface area contributed by atoms with Crippen LogP contribution >= 0.6 is 0 Å². The Morgan fingerprint density at radius 2 is 1.43 bits per heavy atom. The Hall–Kier alpha value is -2.28. The van der Waals surface area contributed by atoms with Gasteiger partial charge in [-0.25, -0.2) is 0 Å². The van der Waals surface area contributed by atoms with Gasteiger partial charge in [0.05, 0.1) is 0 Å². The molecule has 0 unspecified atom stereocenters. The fraction of sp³-hybridized carbons (Fsp3) is 0.0476. The minimum atomic E-state index is 0.216. The van der Waals surface area contributed by atoms with Crippen molar-refractivity contribution < 1.29 is 4.42 Å². The Kier molecular flexibility index (Phi) is 3.78. The summed E-state index contributed by atoms with van der Waals surface area (Å²) in [7, 11) is 0. The van der Waals surface area contributed by atoms with Crippen LogP contribution in [-0.4, -0.2) is 15.0 Å². The fourth-order valence-corrected chi connectivity index (χ4v) is 4.85. The Balaban J connectivity index is 1.89. The summed E-state index contributed by atoms with van der Waals surface area (Å²) in [6.45, 7) is 2.11. The number of hydrogen-bond acceptors (Lipinski definition) is 1. The van der Waals surface area contributed by atoms with Gasteiger partial charge >= 0.3 is 142 Å². The van der Waals surface area contributed by atoms with Crippen LogP contribution < -0.4 is 8.92 Å². The number of benzene rings is 3. The van der Waals surface area contributed by atoms with Gasteiger partial charge in [-0.05, 0) is 0 Å². The molecule has 0 N–H and O–H groups in total. The van der Waals surface area contributed by atoms with E-state index in [-0.39, 0.29) is 15.0 Å². The van der Waals surface area contributed by atoms with Gasteiger partial charge in [-0.1, -0.05) is 0 Å². The first-order chi connectivity index (χ1) is 11.3. The molecule has 112 valence electrons. The predicted octanol–water partition coefficient (Wildman–Crippen LogP) is 4.06. The molecule has 4 rings (SSSR count). The van der Waals surface area contributed by atoms with Gasteiger partial charge in [0, 0.05) is 0 Å². The van der Waals surface area contributed by atoms with Crippen molar-refractivity contribution in [1.29, 1.82) is 0 Å². The number of para-hydroxylation sites is 1. The molecule has 2 heteroatoms. The van der Waals surface area contributed by atoms with E-state index in [1.54, 1.807) is 0 Å². The van der Waals surface area contributed by atoms with Gasteiger partial charge in [0.2, 0.25) is 0 Å². The zero-order valence-corrected chi connectivity index (χ0v) is 14.5. The molecule has 1 aromatic heterocycles. The van der Waals surface area contributed by atoms with Gasteiger partial charge in [0.1, 0.15) is 0 Å². The van der Waals surface area contributed by atoms with Crippen LogP contribution in [0.2, 0.25) is 0 Å². The van der Waals surface area contributed by atoms with Crippen molar-refractivity contribution in [2.45, 2.75) is 6.92 Å². The molecule has 0 aliphatic rings. The molecule has 0 aliphatic carbocycles. The average Bonchev–Trinajstić information content (AvgIpc) is 2.95. The SMILES string of the molecule is Cc1ccc(-c2oc3ccccc3c2[Se]c2ccccc2)cc1. The van der Waals surface area contributed by atoms with Crippen LogP contribution in [0, 0.1) is 6.92 Å². The molecule has 0 saturated heterocycles. The summed E-state index contributed by atoms with van der Waals surface area (Å²) < 4.78 is 8.90. The van der Waals surface area contributed by atoms with Crippen LogP contribution in [-0.2, 0) is 0 Å². The standard InChI is InChI=1S/C21H16OSe/c1-15-11-13-16(14-12-15)20-21(23-17-7-3-2-4-8-17)18-9-5-6-10-19(18)22-20/h2-14H,1H3. The normalized spacial score (nSPS) is 11.0. The van der Waals surface area contributed by atoms with Crippen molar-refractivity contribution in [1.82, 2.24) is 0 Å². The zero-order valence-electron chi connectivity index (χ0n) is 12.8. The molecule has 0 radical (unpaired) electrons. The third kappa shape index (κ3) is 2.84. The monoisotopic (exact) mass is 364 g/mol. The molecule has 3 aromatic carbocycles. The van der Waals surface area contributed by atoms with E-state index >= 15 is 0 Å². The molecule has 0 saturated carbocycles. The summed E-state index contributed by atoms with van der Waals surface area (Å²) in [5.41, 5.74) is 3.38. The molecule has 0 fully saturated rings. The number of furan rings is 1. The molecule has 0 atom stereocenters. The fourth-order valence-electron chi connectivity index (χ4n) is 2.62. The van der Waals surface area contributed by atoms with E-state index in [0.717, 1.165) is 16.9 Å². The van der Waals surface area contributed by atoms with Crippen LogP contribution in [0.3, 0.4) is 0 Å². The van der Waals surface area contributed by atoms with Gasteiger partial charge < -0.3 is 0 Å². The van der Waals surface area contributed by atoms with Gasteiger partial charge in [0.15, 0.2) is 0 Å². The summed E-state index contributed by atoms with van der Waals surface area (Å²) >= 11 is 0.216. The van der Waals surface area contributed by atoms with E-state index in [1.807, 2.05) is 6.07 Å². The van der Waals surface area contributed by atoms with Crippen molar-refractivity contribution in [3.8, 4) is 11.3 Å². The molecule has 1 nitrogen and oxygen atoms in total. The summed E-state index contributed by atoms with van der Waals surface area (Å²) in [5, 5.41) is 1.23. The van der Waals surface area contributed by atoms with Crippen LogP contribution in [0.1, 0.15) is 5.56 Å². The van der Waals surface area contributed by atoms with E-state index < -0.39 is 0 Å². The van der Waals surface area contributed by atoms with Crippen LogP contribution in [0.25, 0.3) is 22.3 Å². The van der Waals surface area contributed by atoms with E-state index in [4.69, 9.17) is 4.42 Å². The Morgan fingerprint density at radius 3 is 2.22 bits per heavy atom. The van der Waals surface area contributed by atoms with Crippen LogP contribution in [0.4, 0.5) is 0 Å². The van der Waals surface area contributed by atoms with Gasteiger partial charge in [-0.3, -0.25) is 0 Å². The molecule has 0 amide bonds. The van der Waals surface area contributed by atoms with Crippen molar-refractivity contribution in [3.05, 3.63) is 84.4 Å². The number of hydrogen-bond donors (Lipinski definition) is 0. The molecule has 0 bridgehead atoms. The second kappa shape index (κ2) is 6.08. The Morgan fingerprint density at radius 1 is 0.739 bits per heavy atom. The van der Waals surface area contributed by atoms with Crippen molar-refractivity contribution in [3.63, 3.8) is 0 Å². The summed E-state index contributed by atoms with van der Waals surface area (Å²) in [5.74, 6) is 1.01. The number of fused-ring (bicyclic) bond motifs is 1. The van der Waals surface area contributed by atoms with Gasteiger partial charge in [0.25, 0.3) is 0 Å². The maximum atomic E-state index is 6.21. The van der Waals surface area contributed by atoms with Gasteiger partial charge in [-0.2, -0.15) is 0 Å². The van der Waals surface area contributed by atoms with E-state index in [2.05, 4.69) is 79.7 Å². The van der Waals surface area contributed by atoms with E-state index in [1.165, 1.54) is 19.9 Å². The van der Waals surface area contributed by atoms with Crippen LogP contribution in [0.15, 0.2) is 83.3 Å². The second-order valence-electron chi connectivity index (χ2n) is 5.54. The van der Waals surface area contributed by atoms with Gasteiger partial charge in [-0.15, -0.1) is 0 Å². The second-order valence-corrected chi connectivity index (χ2v) is 7.81. The summed E-state index contributed by atoms with van der Waals surface area (Å²) in [4.78, 5) is 0. The molecular weight excluding hydrogens is 347 g/mol. The van der Waals surface area contributed by atoms with E-state index in [0.29, 0.717) is 0 Å².